The molecule has 6 nitrogen and oxygen atoms in total. The summed E-state index contributed by atoms with van der Waals surface area (Å²) in [7, 11) is 0. The summed E-state index contributed by atoms with van der Waals surface area (Å²) in [6.45, 7) is 18.0. The van der Waals surface area contributed by atoms with Crippen molar-refractivity contribution < 1.29 is 29.3 Å². The Morgan fingerprint density at radius 2 is 1.58 bits per heavy atom. The third-order valence-electron chi connectivity index (χ3n) is 16.6. The van der Waals surface area contributed by atoms with Gasteiger partial charge in [-0.1, -0.05) is 55.4 Å². The van der Waals surface area contributed by atoms with Gasteiger partial charge in [-0.3, -0.25) is 9.59 Å². The summed E-state index contributed by atoms with van der Waals surface area (Å²) in [5, 5.41) is 23.8. The van der Waals surface area contributed by atoms with E-state index in [1.165, 1.54) is 6.42 Å². The van der Waals surface area contributed by atoms with E-state index in [0.29, 0.717) is 30.1 Å². The van der Waals surface area contributed by atoms with Gasteiger partial charge in [-0.25, -0.2) is 0 Å². The highest BCUT2D eigenvalue weighted by atomic mass is 16.5. The van der Waals surface area contributed by atoms with Crippen molar-refractivity contribution in [3.63, 3.8) is 0 Å². The first-order chi connectivity index (χ1) is 21.1. The molecule has 6 aliphatic carbocycles. The second kappa shape index (κ2) is 11.8. The molecule has 0 radical (unpaired) electrons. The molecule has 6 saturated carbocycles. The quantitative estimate of drug-likeness (QED) is 0.268. The molecule has 0 aromatic heterocycles. The summed E-state index contributed by atoms with van der Waals surface area (Å²) in [6.07, 6.45) is 10.9. The van der Waals surface area contributed by atoms with E-state index in [-0.39, 0.29) is 75.6 Å². The lowest BCUT2D eigenvalue weighted by Gasteiger charge is -2.63. The largest absolute Gasteiger partial charge is 0.462 e. The number of ether oxygens (including phenoxy) is 2. The van der Waals surface area contributed by atoms with Gasteiger partial charge in [-0.05, 0) is 135 Å². The number of carbonyl (C=O) groups excluding carboxylic acids is 2. The van der Waals surface area contributed by atoms with Crippen LogP contribution in [0.15, 0.2) is 0 Å². The number of aliphatic hydroxyl groups is 2. The first kappa shape index (κ1) is 33.7. The number of hydrogen-bond acceptors (Lipinski definition) is 6. The monoisotopic (exact) mass is 628 g/mol. The minimum absolute atomic E-state index is 0.0412. The summed E-state index contributed by atoms with van der Waals surface area (Å²) in [6, 6.07) is 0. The smallest absolute Gasteiger partial charge is 0.308 e. The average molecular weight is 629 g/mol. The molecule has 0 aromatic rings. The van der Waals surface area contributed by atoms with Gasteiger partial charge in [0.05, 0.1) is 18.1 Å². The maximum Gasteiger partial charge on any atom is 0.308 e. The SMILES string of the molecule is CCC(C)C(=O)O[C@H]1CC[C@@]2(C)C(CC(O)C3C2C[C@H](O)[C@]2(C)C(C(C)CCC(=O)OC4CC5CCC4(C)C5(C)C)CCC32)C1. The minimum Gasteiger partial charge on any atom is -0.462 e. The molecule has 0 heterocycles. The van der Waals surface area contributed by atoms with Crippen LogP contribution in [-0.4, -0.2) is 46.6 Å². The van der Waals surface area contributed by atoms with E-state index >= 15 is 0 Å². The van der Waals surface area contributed by atoms with Gasteiger partial charge in [0.25, 0.3) is 0 Å². The van der Waals surface area contributed by atoms with E-state index in [1.807, 2.05) is 13.8 Å². The van der Waals surface area contributed by atoms with Crippen molar-refractivity contribution in [1.29, 1.82) is 0 Å². The molecule has 6 heteroatoms. The van der Waals surface area contributed by atoms with E-state index in [4.69, 9.17) is 9.47 Å². The lowest BCUT2D eigenvalue weighted by atomic mass is 9.43. The Morgan fingerprint density at radius 1 is 0.844 bits per heavy atom. The molecule has 11 unspecified atom stereocenters. The van der Waals surface area contributed by atoms with Crippen LogP contribution >= 0.6 is 0 Å². The Morgan fingerprint density at radius 3 is 2.22 bits per heavy atom. The topological polar surface area (TPSA) is 93.1 Å². The van der Waals surface area contributed by atoms with Crippen LogP contribution in [0, 0.1) is 69.0 Å². The van der Waals surface area contributed by atoms with E-state index in [2.05, 4.69) is 41.5 Å². The van der Waals surface area contributed by atoms with Crippen LogP contribution in [0.25, 0.3) is 0 Å². The summed E-state index contributed by atoms with van der Waals surface area (Å²) < 4.78 is 12.1. The molecular formula is C39H64O6. The summed E-state index contributed by atoms with van der Waals surface area (Å²) in [5.41, 5.74) is 0.110. The second-order valence-corrected chi connectivity index (χ2v) is 18.3. The van der Waals surface area contributed by atoms with E-state index < -0.39 is 6.10 Å². The molecule has 0 amide bonds. The van der Waals surface area contributed by atoms with Crippen molar-refractivity contribution in [2.45, 2.75) is 163 Å². The zero-order chi connectivity index (χ0) is 32.7. The first-order valence-corrected chi connectivity index (χ1v) is 18.8. The molecule has 6 fully saturated rings. The highest BCUT2D eigenvalue weighted by Crippen LogP contribution is 2.69. The van der Waals surface area contributed by atoms with Crippen LogP contribution in [0.4, 0.5) is 0 Å². The number of esters is 2. The van der Waals surface area contributed by atoms with Gasteiger partial charge in [0.2, 0.25) is 0 Å². The van der Waals surface area contributed by atoms with Crippen LogP contribution in [0.3, 0.4) is 0 Å². The number of rotatable bonds is 8. The fourth-order valence-corrected chi connectivity index (χ4v) is 12.7. The number of fused-ring (bicyclic) bond motifs is 7. The van der Waals surface area contributed by atoms with Gasteiger partial charge in [0.15, 0.2) is 0 Å². The van der Waals surface area contributed by atoms with E-state index in [1.54, 1.807) is 0 Å². The van der Waals surface area contributed by atoms with Crippen LogP contribution in [0.2, 0.25) is 0 Å². The molecule has 256 valence electrons. The molecule has 0 spiro atoms. The maximum absolute atomic E-state index is 13.2. The van der Waals surface area contributed by atoms with Gasteiger partial charge < -0.3 is 19.7 Å². The van der Waals surface area contributed by atoms with E-state index in [0.717, 1.165) is 70.6 Å². The number of hydrogen-bond donors (Lipinski definition) is 2. The fourth-order valence-electron chi connectivity index (χ4n) is 12.7. The van der Waals surface area contributed by atoms with Crippen molar-refractivity contribution in [2.24, 2.45) is 69.0 Å². The summed E-state index contributed by atoms with van der Waals surface area (Å²) >= 11 is 0. The summed E-state index contributed by atoms with van der Waals surface area (Å²) in [5.74, 6) is 2.15. The number of carbonyl (C=O) groups is 2. The van der Waals surface area contributed by atoms with Crippen molar-refractivity contribution >= 4 is 11.9 Å². The second-order valence-electron chi connectivity index (χ2n) is 18.3. The Kier molecular flexibility index (Phi) is 8.83. The molecule has 0 aliphatic heterocycles. The molecule has 2 bridgehead atoms. The molecule has 15 atom stereocenters. The Hall–Kier alpha value is -1.14. The molecule has 6 rings (SSSR count). The molecule has 2 N–H and O–H groups in total. The fraction of sp³-hybridized carbons (Fsp3) is 0.949. The Bertz CT molecular complexity index is 1130. The standard InChI is InChI=1S/C39H64O6/c1-9-22(2)35(43)44-26-15-16-37(6)25(18-26)19-30(40)34-28-12-11-27(39(28,8)31(41)21-29(34)37)23(3)10-13-33(42)45-32-20-24-14-17-38(32,7)36(24,4)5/h22-32,34,40-41H,9-21H2,1-8H3/t22?,23?,24?,25?,26-,27?,28?,29?,30?,31-,32?,34?,37-,38?,39+/m0/s1. The predicted octanol–water partition coefficient (Wildman–Crippen LogP) is 7.72. The zero-order valence-corrected chi connectivity index (χ0v) is 29.6. The van der Waals surface area contributed by atoms with Gasteiger partial charge in [0.1, 0.15) is 12.2 Å². The lowest BCUT2D eigenvalue weighted by Crippen LogP contribution is -2.62. The maximum atomic E-state index is 13.2. The summed E-state index contributed by atoms with van der Waals surface area (Å²) in [4.78, 5) is 25.7. The first-order valence-electron chi connectivity index (χ1n) is 18.8. The molecule has 0 saturated heterocycles. The van der Waals surface area contributed by atoms with Crippen LogP contribution in [-0.2, 0) is 19.1 Å². The van der Waals surface area contributed by atoms with Crippen LogP contribution in [0.5, 0.6) is 0 Å². The predicted molar refractivity (Wildman–Crippen MR) is 175 cm³/mol. The van der Waals surface area contributed by atoms with Crippen LogP contribution < -0.4 is 0 Å². The van der Waals surface area contributed by atoms with Crippen molar-refractivity contribution in [1.82, 2.24) is 0 Å². The Labute approximate surface area is 273 Å². The van der Waals surface area contributed by atoms with Gasteiger partial charge in [-0.15, -0.1) is 0 Å². The van der Waals surface area contributed by atoms with Crippen molar-refractivity contribution in [3.8, 4) is 0 Å². The third-order valence-corrected chi connectivity index (χ3v) is 16.6. The molecular weight excluding hydrogens is 564 g/mol. The molecule has 45 heavy (non-hydrogen) atoms. The average Bonchev–Trinajstić information content (AvgIpc) is 3.52. The minimum atomic E-state index is -0.411. The lowest BCUT2D eigenvalue weighted by molar-refractivity contribution is -0.210. The van der Waals surface area contributed by atoms with E-state index in [9.17, 15) is 19.8 Å². The third kappa shape index (κ3) is 5.15. The van der Waals surface area contributed by atoms with Gasteiger partial charge >= 0.3 is 11.9 Å². The Balaban J connectivity index is 1.09. The van der Waals surface area contributed by atoms with Crippen molar-refractivity contribution in [2.75, 3.05) is 0 Å². The zero-order valence-electron chi connectivity index (χ0n) is 29.6. The van der Waals surface area contributed by atoms with Gasteiger partial charge in [0, 0.05) is 11.8 Å². The highest BCUT2D eigenvalue weighted by Gasteiger charge is 2.66. The van der Waals surface area contributed by atoms with Crippen LogP contribution in [0.1, 0.15) is 139 Å². The molecule has 0 aromatic carbocycles. The highest BCUT2D eigenvalue weighted by molar-refractivity contribution is 5.72. The number of aliphatic hydroxyl groups excluding tert-OH is 2. The molecule has 6 aliphatic rings. The van der Waals surface area contributed by atoms with Crippen molar-refractivity contribution in [3.05, 3.63) is 0 Å². The van der Waals surface area contributed by atoms with Gasteiger partial charge in [-0.2, -0.15) is 0 Å². The normalized spacial score (nSPS) is 49.4.